The third-order valence-corrected chi connectivity index (χ3v) is 4.29. The Kier molecular flexibility index (Phi) is 7.23. The quantitative estimate of drug-likeness (QED) is 0.580. The van der Waals surface area contributed by atoms with E-state index < -0.39 is 0 Å². The van der Waals surface area contributed by atoms with Crippen molar-refractivity contribution in [1.82, 2.24) is 9.97 Å². The van der Waals surface area contributed by atoms with Crippen LogP contribution in [0.2, 0.25) is 0 Å². The average molecular weight is 356 g/mol. The summed E-state index contributed by atoms with van der Waals surface area (Å²) in [6.45, 7) is 2.35. The van der Waals surface area contributed by atoms with E-state index in [0.29, 0.717) is 11.7 Å². The summed E-state index contributed by atoms with van der Waals surface area (Å²) < 4.78 is 0. The molecule has 0 spiro atoms. The summed E-state index contributed by atoms with van der Waals surface area (Å²) in [5, 5.41) is 9.26. The molecular formula is C18H20N4O2S. The number of nitriles is 1. The fraction of sp³-hybridized carbons (Fsp3) is 0.333. The first-order valence-electron chi connectivity index (χ1n) is 8.09. The first kappa shape index (κ1) is 18.7. The monoisotopic (exact) mass is 356 g/mol. The van der Waals surface area contributed by atoms with Crippen LogP contribution in [0.25, 0.3) is 0 Å². The zero-order chi connectivity index (χ0) is 18.1. The number of nitrogens with zero attached hydrogens (tertiary/aromatic N) is 3. The normalized spacial score (nSPS) is 10.2. The number of nitrogens with one attached hydrogen (secondary N) is 1. The number of thioether (sulfide) groups is 1. The van der Waals surface area contributed by atoms with Gasteiger partial charge >= 0.3 is 0 Å². The second-order valence-corrected chi connectivity index (χ2v) is 6.33. The van der Waals surface area contributed by atoms with E-state index in [2.05, 4.69) is 16.0 Å². The molecule has 0 radical (unpaired) electrons. The lowest BCUT2D eigenvalue weighted by Crippen LogP contribution is -2.33. The maximum Gasteiger partial charge on any atom is 0.251 e. The van der Waals surface area contributed by atoms with Crippen LogP contribution in [-0.4, -0.2) is 28.2 Å². The van der Waals surface area contributed by atoms with Gasteiger partial charge in [0.1, 0.15) is 0 Å². The molecule has 1 amide bonds. The lowest BCUT2D eigenvalue weighted by molar-refractivity contribution is -0.116. The topological polar surface area (TPSA) is 89.9 Å². The number of aryl methyl sites for hydroxylation is 1. The van der Waals surface area contributed by atoms with E-state index in [0.717, 1.165) is 24.2 Å². The highest BCUT2D eigenvalue weighted by Gasteiger charge is 2.16. The molecule has 130 valence electrons. The van der Waals surface area contributed by atoms with E-state index in [-0.39, 0.29) is 23.6 Å². The summed E-state index contributed by atoms with van der Waals surface area (Å²) in [4.78, 5) is 32.9. The number of anilines is 1. The molecular weight excluding hydrogens is 336 g/mol. The number of hydrogen-bond acceptors (Lipinski definition) is 5. The Morgan fingerprint density at radius 1 is 1.36 bits per heavy atom. The van der Waals surface area contributed by atoms with E-state index in [9.17, 15) is 9.59 Å². The number of amides is 1. The van der Waals surface area contributed by atoms with Crippen LogP contribution in [0.1, 0.15) is 25.5 Å². The van der Waals surface area contributed by atoms with Gasteiger partial charge in [-0.05, 0) is 18.6 Å². The molecule has 0 aliphatic heterocycles. The van der Waals surface area contributed by atoms with Crippen LogP contribution in [0, 0.1) is 11.3 Å². The highest BCUT2D eigenvalue weighted by Crippen LogP contribution is 2.18. The van der Waals surface area contributed by atoms with Crippen LogP contribution < -0.4 is 10.5 Å². The molecule has 0 atom stereocenters. The van der Waals surface area contributed by atoms with E-state index in [1.807, 2.05) is 37.3 Å². The van der Waals surface area contributed by atoms with Gasteiger partial charge in [-0.1, -0.05) is 43.3 Å². The lowest BCUT2D eigenvalue weighted by Gasteiger charge is -2.21. The van der Waals surface area contributed by atoms with Gasteiger partial charge in [-0.25, -0.2) is 4.98 Å². The smallest absolute Gasteiger partial charge is 0.251 e. The minimum absolute atomic E-state index is 0.130. The predicted molar refractivity (Wildman–Crippen MR) is 98.6 cm³/mol. The summed E-state index contributed by atoms with van der Waals surface area (Å²) in [6.07, 6.45) is 1.88. The molecule has 0 saturated carbocycles. The van der Waals surface area contributed by atoms with Crippen molar-refractivity contribution in [2.75, 3.05) is 17.2 Å². The van der Waals surface area contributed by atoms with E-state index >= 15 is 0 Å². The molecule has 6 nitrogen and oxygen atoms in total. The molecule has 1 N–H and O–H groups in total. The molecule has 0 aliphatic carbocycles. The number of aromatic amines is 1. The van der Waals surface area contributed by atoms with Crippen molar-refractivity contribution < 1.29 is 4.79 Å². The molecule has 0 aliphatic rings. The highest BCUT2D eigenvalue weighted by atomic mass is 32.2. The average Bonchev–Trinajstić information content (AvgIpc) is 2.61. The molecule has 0 fully saturated rings. The summed E-state index contributed by atoms with van der Waals surface area (Å²) in [5.41, 5.74) is 1.27. The number of hydrogen-bond donors (Lipinski definition) is 1. The van der Waals surface area contributed by atoms with E-state index in [4.69, 9.17) is 5.26 Å². The van der Waals surface area contributed by atoms with Crippen LogP contribution in [0.15, 0.2) is 46.3 Å². The van der Waals surface area contributed by atoms with Gasteiger partial charge in [0.15, 0.2) is 5.16 Å². The van der Waals surface area contributed by atoms with Gasteiger partial charge in [0.25, 0.3) is 5.56 Å². The second kappa shape index (κ2) is 9.64. The summed E-state index contributed by atoms with van der Waals surface area (Å²) in [7, 11) is 0. The van der Waals surface area contributed by atoms with Gasteiger partial charge in [-0.2, -0.15) is 5.26 Å². The van der Waals surface area contributed by atoms with Gasteiger partial charge in [0.05, 0.1) is 18.2 Å². The standard InChI is InChI=1S/C18H20N4O2S/c1-2-7-14-12-16(23)21-18(20-14)25-13-17(24)22(11-6-10-19)15-8-4-3-5-9-15/h3-5,8-9,12H,2,6-7,11,13H2,1H3,(H,20,21,23). The molecule has 0 bridgehead atoms. The van der Waals surface area contributed by atoms with Crippen LogP contribution in [0.5, 0.6) is 0 Å². The Hall–Kier alpha value is -2.59. The van der Waals surface area contributed by atoms with Crippen molar-refractivity contribution in [1.29, 1.82) is 5.26 Å². The van der Waals surface area contributed by atoms with Crippen molar-refractivity contribution >= 4 is 23.4 Å². The van der Waals surface area contributed by atoms with E-state index in [1.54, 1.807) is 4.90 Å². The van der Waals surface area contributed by atoms with Crippen molar-refractivity contribution in [3.05, 3.63) is 52.4 Å². The van der Waals surface area contributed by atoms with Gasteiger partial charge in [0, 0.05) is 24.0 Å². The first-order valence-corrected chi connectivity index (χ1v) is 9.08. The minimum atomic E-state index is -0.210. The molecule has 2 rings (SSSR count). The SMILES string of the molecule is CCCc1cc(=O)[nH]c(SCC(=O)N(CCC#N)c2ccccc2)n1. The number of carbonyl (C=O) groups is 1. The third kappa shape index (κ3) is 5.76. The summed E-state index contributed by atoms with van der Waals surface area (Å²) in [5.74, 6) is 0.00810. The van der Waals surface area contributed by atoms with Gasteiger partial charge < -0.3 is 9.88 Å². The lowest BCUT2D eigenvalue weighted by atomic mass is 10.2. The number of rotatable bonds is 8. The van der Waals surface area contributed by atoms with Crippen molar-refractivity contribution in [2.45, 2.75) is 31.3 Å². The Balaban J connectivity index is 2.08. The molecule has 0 saturated heterocycles. The van der Waals surface area contributed by atoms with Crippen molar-refractivity contribution in [3.63, 3.8) is 0 Å². The van der Waals surface area contributed by atoms with Crippen LogP contribution in [0.4, 0.5) is 5.69 Å². The minimum Gasteiger partial charge on any atom is -0.311 e. The van der Waals surface area contributed by atoms with Gasteiger partial charge in [-0.15, -0.1) is 0 Å². The highest BCUT2D eigenvalue weighted by molar-refractivity contribution is 7.99. The number of para-hydroxylation sites is 1. The number of aromatic nitrogens is 2. The molecule has 1 heterocycles. The zero-order valence-electron chi connectivity index (χ0n) is 14.1. The first-order chi connectivity index (χ1) is 12.1. The Bertz CT molecular complexity index is 799. The van der Waals surface area contributed by atoms with E-state index in [1.165, 1.54) is 17.8 Å². The Morgan fingerprint density at radius 2 is 2.12 bits per heavy atom. The van der Waals surface area contributed by atoms with Crippen LogP contribution in [-0.2, 0) is 11.2 Å². The molecule has 1 aromatic heterocycles. The van der Waals surface area contributed by atoms with Gasteiger partial charge in [-0.3, -0.25) is 9.59 Å². The maximum atomic E-state index is 12.6. The fourth-order valence-corrected chi connectivity index (χ4v) is 3.08. The zero-order valence-corrected chi connectivity index (χ0v) is 14.9. The molecule has 2 aromatic rings. The molecule has 1 aromatic carbocycles. The fourth-order valence-electron chi connectivity index (χ4n) is 2.31. The number of carbonyl (C=O) groups excluding carboxylic acids is 1. The van der Waals surface area contributed by atoms with Crippen molar-refractivity contribution in [3.8, 4) is 6.07 Å². The second-order valence-electron chi connectivity index (χ2n) is 5.37. The van der Waals surface area contributed by atoms with Crippen LogP contribution >= 0.6 is 11.8 Å². The Labute approximate surface area is 150 Å². The predicted octanol–water partition coefficient (Wildman–Crippen LogP) is 2.76. The number of H-pyrrole nitrogens is 1. The Morgan fingerprint density at radius 3 is 2.80 bits per heavy atom. The van der Waals surface area contributed by atoms with Crippen molar-refractivity contribution in [2.24, 2.45) is 0 Å². The third-order valence-electron chi connectivity index (χ3n) is 3.43. The maximum absolute atomic E-state index is 12.6. The summed E-state index contributed by atoms with van der Waals surface area (Å²) in [6, 6.07) is 12.8. The van der Waals surface area contributed by atoms with Gasteiger partial charge in [0.2, 0.25) is 5.91 Å². The number of benzene rings is 1. The molecule has 7 heteroatoms. The molecule has 25 heavy (non-hydrogen) atoms. The largest absolute Gasteiger partial charge is 0.311 e. The van der Waals surface area contributed by atoms with Crippen LogP contribution in [0.3, 0.4) is 0 Å². The summed E-state index contributed by atoms with van der Waals surface area (Å²) >= 11 is 1.20. The molecule has 0 unspecified atom stereocenters.